The van der Waals surface area contributed by atoms with E-state index in [9.17, 15) is 13.5 Å². The number of rotatable bonds is 4. The van der Waals surface area contributed by atoms with Crippen LogP contribution < -0.4 is 10.1 Å². The number of sulfonamides is 1. The zero-order valence-electron chi connectivity index (χ0n) is 15.3. The van der Waals surface area contributed by atoms with Gasteiger partial charge in [-0.3, -0.25) is 0 Å². The van der Waals surface area contributed by atoms with Gasteiger partial charge in [-0.15, -0.1) is 11.3 Å². The smallest absolute Gasteiger partial charge is 0.252 e. The molecule has 1 fully saturated rings. The monoisotopic (exact) mass is 419 g/mol. The minimum Gasteiger partial charge on any atom is -0.497 e. The lowest BCUT2D eigenvalue weighted by Crippen LogP contribution is -2.66. The van der Waals surface area contributed by atoms with Gasteiger partial charge < -0.3 is 20.1 Å². The average Bonchev–Trinajstić information content (AvgIpc) is 3.33. The number of hydrogen-bond donors (Lipinski definition) is 3. The number of methoxy groups -OCH3 is 1. The molecule has 4 heterocycles. The molecular formula is C19H21N3O4S2. The third-order valence-corrected chi connectivity index (χ3v) is 8.99. The van der Waals surface area contributed by atoms with Gasteiger partial charge in [0, 0.05) is 47.7 Å². The average molecular weight is 420 g/mol. The highest BCUT2D eigenvalue weighted by atomic mass is 32.2. The molecule has 3 aromatic rings. The van der Waals surface area contributed by atoms with E-state index >= 15 is 0 Å². The van der Waals surface area contributed by atoms with E-state index in [1.165, 1.54) is 11.3 Å². The molecule has 7 nitrogen and oxygen atoms in total. The summed E-state index contributed by atoms with van der Waals surface area (Å²) in [6.07, 6.45) is 0. The van der Waals surface area contributed by atoms with Gasteiger partial charge in [0.25, 0.3) is 10.0 Å². The Morgan fingerprint density at radius 3 is 2.86 bits per heavy atom. The normalized spacial score (nSPS) is 21.6. The third-order valence-electron chi connectivity index (χ3n) is 5.83. The number of aliphatic hydroxyl groups is 1. The van der Waals surface area contributed by atoms with Crippen molar-refractivity contribution >= 4 is 32.3 Å². The fraction of sp³-hybridized carbons (Fsp3) is 0.368. The summed E-state index contributed by atoms with van der Waals surface area (Å²) in [6.45, 7) is 1.44. The molecule has 3 N–H and O–H groups in total. The molecule has 0 bridgehead atoms. The Kier molecular flexibility index (Phi) is 4.08. The quantitative estimate of drug-likeness (QED) is 0.600. The molecule has 9 heteroatoms. The number of fused-ring (bicyclic) bond motifs is 4. The molecule has 1 aromatic carbocycles. The predicted molar refractivity (Wildman–Crippen MR) is 107 cm³/mol. The van der Waals surface area contributed by atoms with Crippen LogP contribution >= 0.6 is 11.3 Å². The maximum absolute atomic E-state index is 12.9. The van der Waals surface area contributed by atoms with Gasteiger partial charge in [0.1, 0.15) is 9.96 Å². The summed E-state index contributed by atoms with van der Waals surface area (Å²) >= 11 is 1.24. The topological polar surface area (TPSA) is 94.7 Å². The number of nitrogens with one attached hydrogen (secondary N) is 2. The molecule has 28 heavy (non-hydrogen) atoms. The van der Waals surface area contributed by atoms with Crippen molar-refractivity contribution in [3.8, 4) is 5.75 Å². The van der Waals surface area contributed by atoms with Crippen molar-refractivity contribution in [3.63, 3.8) is 0 Å². The SMILES string of the molecule is COc1ccc2c3c([nH]c2c1)[C@@H](CO)NCC31CN(S(=O)(=O)c2cccs2)C1. The molecule has 0 amide bonds. The van der Waals surface area contributed by atoms with E-state index in [4.69, 9.17) is 4.74 Å². The molecule has 1 saturated heterocycles. The highest BCUT2D eigenvalue weighted by molar-refractivity contribution is 7.91. The van der Waals surface area contributed by atoms with E-state index < -0.39 is 10.0 Å². The van der Waals surface area contributed by atoms with Gasteiger partial charge in [0.2, 0.25) is 0 Å². The van der Waals surface area contributed by atoms with Gasteiger partial charge in [0.15, 0.2) is 0 Å². The molecule has 0 saturated carbocycles. The Balaban J connectivity index is 1.57. The molecule has 2 aliphatic rings. The Labute approximate surface area is 167 Å². The predicted octanol–water partition coefficient (Wildman–Crippen LogP) is 1.82. The Bertz CT molecular complexity index is 1130. The van der Waals surface area contributed by atoms with E-state index in [2.05, 4.69) is 10.3 Å². The summed E-state index contributed by atoms with van der Waals surface area (Å²) < 4.78 is 33.0. The summed E-state index contributed by atoms with van der Waals surface area (Å²) in [7, 11) is -1.83. The van der Waals surface area contributed by atoms with Crippen LogP contribution in [0, 0.1) is 0 Å². The van der Waals surface area contributed by atoms with Gasteiger partial charge in [-0.2, -0.15) is 4.31 Å². The summed E-state index contributed by atoms with van der Waals surface area (Å²) in [4.78, 5) is 3.43. The molecule has 0 unspecified atom stereocenters. The number of hydrogen-bond acceptors (Lipinski definition) is 6. The molecule has 1 spiro atoms. The van der Waals surface area contributed by atoms with Gasteiger partial charge in [-0.1, -0.05) is 6.07 Å². The zero-order valence-corrected chi connectivity index (χ0v) is 16.9. The first-order valence-corrected chi connectivity index (χ1v) is 11.4. The van der Waals surface area contributed by atoms with Crippen LogP contribution in [0.3, 0.4) is 0 Å². The lowest BCUT2D eigenvalue weighted by Gasteiger charge is -2.52. The number of nitrogens with zero attached hydrogens (tertiary/aromatic N) is 1. The third kappa shape index (κ3) is 2.47. The Morgan fingerprint density at radius 2 is 2.18 bits per heavy atom. The number of H-pyrrole nitrogens is 1. The van der Waals surface area contributed by atoms with Crippen molar-refractivity contribution in [2.75, 3.05) is 33.4 Å². The van der Waals surface area contributed by atoms with Gasteiger partial charge in [-0.05, 0) is 29.1 Å². The number of aromatic nitrogens is 1. The summed E-state index contributed by atoms with van der Waals surface area (Å²) in [5.41, 5.74) is 2.68. The van der Waals surface area contributed by atoms with E-state index in [1.54, 1.807) is 28.9 Å². The zero-order chi connectivity index (χ0) is 19.5. The van der Waals surface area contributed by atoms with Crippen molar-refractivity contribution in [1.82, 2.24) is 14.6 Å². The Morgan fingerprint density at radius 1 is 1.36 bits per heavy atom. The van der Waals surface area contributed by atoms with E-state index in [0.717, 1.165) is 27.9 Å². The largest absolute Gasteiger partial charge is 0.497 e. The maximum atomic E-state index is 12.9. The van der Waals surface area contributed by atoms with Gasteiger partial charge >= 0.3 is 0 Å². The van der Waals surface area contributed by atoms with Crippen LogP contribution in [0.4, 0.5) is 0 Å². The van der Waals surface area contributed by atoms with Crippen LogP contribution in [0.15, 0.2) is 39.9 Å². The highest BCUT2D eigenvalue weighted by Crippen LogP contribution is 2.47. The first-order chi connectivity index (χ1) is 13.5. The molecule has 0 aliphatic carbocycles. The number of ether oxygens (including phenoxy) is 1. The van der Waals surface area contributed by atoms with Crippen LogP contribution in [-0.2, 0) is 15.4 Å². The fourth-order valence-corrected chi connectivity index (χ4v) is 7.19. The second-order valence-electron chi connectivity index (χ2n) is 7.43. The Hall–Kier alpha value is -1.91. The minimum absolute atomic E-state index is 0.0236. The molecule has 0 radical (unpaired) electrons. The molecule has 5 rings (SSSR count). The van der Waals surface area contributed by atoms with Gasteiger partial charge in [-0.25, -0.2) is 8.42 Å². The first-order valence-electron chi connectivity index (χ1n) is 9.06. The van der Waals surface area contributed by atoms with Crippen molar-refractivity contribution in [2.24, 2.45) is 0 Å². The van der Waals surface area contributed by atoms with Crippen molar-refractivity contribution in [1.29, 1.82) is 0 Å². The van der Waals surface area contributed by atoms with Crippen molar-refractivity contribution in [3.05, 3.63) is 47.0 Å². The number of aliphatic hydroxyl groups excluding tert-OH is 1. The lowest BCUT2D eigenvalue weighted by molar-refractivity contribution is 0.122. The van der Waals surface area contributed by atoms with E-state index in [-0.39, 0.29) is 18.1 Å². The second-order valence-corrected chi connectivity index (χ2v) is 10.5. The molecule has 1 atom stereocenters. The summed E-state index contributed by atoms with van der Waals surface area (Å²) in [6, 6.07) is 9.08. The number of aromatic amines is 1. The van der Waals surface area contributed by atoms with Gasteiger partial charge in [0.05, 0.1) is 19.8 Å². The second kappa shape index (κ2) is 6.30. The molecule has 148 valence electrons. The minimum atomic E-state index is -3.46. The number of thiophene rings is 1. The highest BCUT2D eigenvalue weighted by Gasteiger charge is 2.54. The van der Waals surface area contributed by atoms with Crippen LogP contribution in [0.25, 0.3) is 10.9 Å². The fourth-order valence-electron chi connectivity index (χ4n) is 4.43. The van der Waals surface area contributed by atoms with Crippen LogP contribution in [0.1, 0.15) is 17.3 Å². The number of benzene rings is 1. The summed E-state index contributed by atoms with van der Waals surface area (Å²) in [5.74, 6) is 0.754. The first kappa shape index (κ1) is 18.1. The van der Waals surface area contributed by atoms with Crippen LogP contribution in [0.5, 0.6) is 5.75 Å². The molecular weight excluding hydrogens is 398 g/mol. The molecule has 2 aromatic heterocycles. The van der Waals surface area contributed by atoms with Crippen molar-refractivity contribution < 1.29 is 18.3 Å². The lowest BCUT2D eigenvalue weighted by atomic mass is 9.71. The van der Waals surface area contributed by atoms with Crippen LogP contribution in [0.2, 0.25) is 0 Å². The van der Waals surface area contributed by atoms with E-state index in [1.807, 2.05) is 18.2 Å². The molecule has 2 aliphatic heterocycles. The standard InChI is InChI=1S/C19H21N3O4S2/c1-26-12-4-5-13-14(7-12)21-18-15(8-23)20-9-19(17(13)18)10-22(11-19)28(24,25)16-3-2-6-27-16/h2-7,15,20-21,23H,8-11H2,1H3/t15-/m1/s1. The van der Waals surface area contributed by atoms with E-state index in [0.29, 0.717) is 23.8 Å². The van der Waals surface area contributed by atoms with Crippen molar-refractivity contribution in [2.45, 2.75) is 15.7 Å². The van der Waals surface area contributed by atoms with Crippen LogP contribution in [-0.4, -0.2) is 56.2 Å². The summed E-state index contributed by atoms with van der Waals surface area (Å²) in [5, 5.41) is 16.0. The maximum Gasteiger partial charge on any atom is 0.252 e.